The number of rotatable bonds is 2. The quantitative estimate of drug-likeness (QED) is 0.754. The smallest absolute Gasteiger partial charge is 0.137 e. The summed E-state index contributed by atoms with van der Waals surface area (Å²) < 4.78 is 8.08. The highest BCUT2D eigenvalue weighted by molar-refractivity contribution is 9.10. The van der Waals surface area contributed by atoms with Crippen LogP contribution in [0.5, 0.6) is 0 Å². The maximum atomic E-state index is 5.07. The normalized spacial score (nSPS) is 10.9. The number of halogens is 1. The molecule has 4 heteroatoms. The lowest BCUT2D eigenvalue weighted by Gasteiger charge is -2.02. The second kappa shape index (κ2) is 3.47. The predicted octanol–water partition coefficient (Wildman–Crippen LogP) is 2.24. The molecule has 13 heavy (non-hydrogen) atoms. The average Bonchev–Trinajstić information content (AvgIpc) is 2.51. The molecule has 2 aromatic rings. The van der Waals surface area contributed by atoms with Crippen LogP contribution in [-0.2, 0) is 11.3 Å². The first kappa shape index (κ1) is 8.72. The number of fused-ring (bicyclic) bond motifs is 1. The molecule has 0 radical (unpaired) electrons. The van der Waals surface area contributed by atoms with Crippen molar-refractivity contribution in [2.75, 3.05) is 7.11 Å². The molecule has 68 valence electrons. The number of hydrogen-bond acceptors (Lipinski definition) is 2. The van der Waals surface area contributed by atoms with Crippen LogP contribution >= 0.6 is 15.9 Å². The lowest BCUT2D eigenvalue weighted by atomic mass is 10.4. The van der Waals surface area contributed by atoms with Gasteiger partial charge in [-0.15, -0.1) is 0 Å². The van der Waals surface area contributed by atoms with E-state index in [0.717, 1.165) is 15.9 Å². The molecule has 0 aliphatic carbocycles. The van der Waals surface area contributed by atoms with Crippen LogP contribution in [0.4, 0.5) is 0 Å². The van der Waals surface area contributed by atoms with Crippen LogP contribution in [-0.4, -0.2) is 16.5 Å². The second-order valence-corrected chi connectivity index (χ2v) is 3.54. The highest BCUT2D eigenvalue weighted by Gasteiger charge is 2.04. The summed E-state index contributed by atoms with van der Waals surface area (Å²) in [6.07, 6.45) is 1.82. The van der Waals surface area contributed by atoms with Crippen molar-refractivity contribution in [3.8, 4) is 0 Å². The number of hydrogen-bond donors (Lipinski definition) is 0. The van der Waals surface area contributed by atoms with Gasteiger partial charge in [0.15, 0.2) is 0 Å². The van der Waals surface area contributed by atoms with Gasteiger partial charge in [-0.2, -0.15) is 0 Å². The van der Waals surface area contributed by atoms with E-state index >= 15 is 0 Å². The standard InChI is InChI=1S/C9H9BrN2O/c1-13-6-7-5-11-9-4-2-3-8(10)12(7)9/h2-5H,6H2,1H3. The van der Waals surface area contributed by atoms with Crippen molar-refractivity contribution in [3.63, 3.8) is 0 Å². The third-order valence-electron chi connectivity index (χ3n) is 1.85. The van der Waals surface area contributed by atoms with Gasteiger partial charge in [0.2, 0.25) is 0 Å². The van der Waals surface area contributed by atoms with E-state index in [1.807, 2.05) is 28.8 Å². The minimum atomic E-state index is 0.573. The zero-order chi connectivity index (χ0) is 9.26. The minimum Gasteiger partial charge on any atom is -0.378 e. The molecule has 0 aromatic carbocycles. The fourth-order valence-electron chi connectivity index (χ4n) is 1.31. The molecule has 0 N–H and O–H groups in total. The lowest BCUT2D eigenvalue weighted by Crippen LogP contribution is -1.95. The number of ether oxygens (including phenoxy) is 1. The maximum Gasteiger partial charge on any atom is 0.137 e. The molecule has 3 nitrogen and oxygen atoms in total. The summed E-state index contributed by atoms with van der Waals surface area (Å²) in [6, 6.07) is 5.90. The predicted molar refractivity (Wildman–Crippen MR) is 53.6 cm³/mol. The summed E-state index contributed by atoms with van der Waals surface area (Å²) in [5.41, 5.74) is 1.98. The molecule has 0 fully saturated rings. The molecule has 2 heterocycles. The maximum absolute atomic E-state index is 5.07. The molecule has 2 aromatic heterocycles. The van der Waals surface area contributed by atoms with Crippen molar-refractivity contribution in [2.45, 2.75) is 6.61 Å². The zero-order valence-electron chi connectivity index (χ0n) is 7.20. The van der Waals surface area contributed by atoms with Gasteiger partial charge in [0.1, 0.15) is 5.65 Å². The Balaban J connectivity index is 2.64. The fourth-order valence-corrected chi connectivity index (χ4v) is 1.87. The molecule has 0 saturated carbocycles. The number of pyridine rings is 1. The number of nitrogens with zero attached hydrogens (tertiary/aromatic N) is 2. The molecule has 0 atom stereocenters. The number of aromatic nitrogens is 2. The van der Waals surface area contributed by atoms with Crippen molar-refractivity contribution in [1.29, 1.82) is 0 Å². The van der Waals surface area contributed by atoms with Gasteiger partial charge in [-0.05, 0) is 28.1 Å². The van der Waals surface area contributed by atoms with Gasteiger partial charge in [-0.25, -0.2) is 4.98 Å². The monoisotopic (exact) mass is 240 g/mol. The van der Waals surface area contributed by atoms with Gasteiger partial charge < -0.3 is 4.74 Å². The van der Waals surface area contributed by atoms with Crippen LogP contribution in [0.3, 0.4) is 0 Å². The molecular weight excluding hydrogens is 232 g/mol. The van der Waals surface area contributed by atoms with E-state index in [-0.39, 0.29) is 0 Å². The fraction of sp³-hybridized carbons (Fsp3) is 0.222. The van der Waals surface area contributed by atoms with E-state index in [2.05, 4.69) is 20.9 Å². The Morgan fingerprint density at radius 1 is 1.54 bits per heavy atom. The van der Waals surface area contributed by atoms with Crippen LogP contribution < -0.4 is 0 Å². The van der Waals surface area contributed by atoms with Crippen LogP contribution in [0.15, 0.2) is 29.0 Å². The molecule has 2 rings (SSSR count). The molecule has 0 unspecified atom stereocenters. The Kier molecular flexibility index (Phi) is 2.33. The second-order valence-electron chi connectivity index (χ2n) is 2.72. The summed E-state index contributed by atoms with van der Waals surface area (Å²) in [5, 5.41) is 0. The summed E-state index contributed by atoms with van der Waals surface area (Å²) >= 11 is 3.46. The first-order chi connectivity index (χ1) is 6.33. The van der Waals surface area contributed by atoms with Crippen molar-refractivity contribution in [3.05, 3.63) is 34.7 Å². The highest BCUT2D eigenvalue weighted by Crippen LogP contribution is 2.15. The van der Waals surface area contributed by atoms with Gasteiger partial charge in [0.25, 0.3) is 0 Å². The number of methoxy groups -OCH3 is 1. The van der Waals surface area contributed by atoms with Gasteiger partial charge in [-0.1, -0.05) is 6.07 Å². The Bertz CT molecular complexity index is 424. The summed E-state index contributed by atoms with van der Waals surface area (Å²) in [6.45, 7) is 0.573. The summed E-state index contributed by atoms with van der Waals surface area (Å²) in [4.78, 5) is 4.25. The van der Waals surface area contributed by atoms with Gasteiger partial charge in [-0.3, -0.25) is 4.40 Å². The van der Waals surface area contributed by atoms with E-state index < -0.39 is 0 Å². The van der Waals surface area contributed by atoms with Gasteiger partial charge in [0, 0.05) is 7.11 Å². The van der Waals surface area contributed by atoms with E-state index in [1.54, 1.807) is 7.11 Å². The highest BCUT2D eigenvalue weighted by atomic mass is 79.9. The molecule has 0 aliphatic heterocycles. The molecule has 0 aliphatic rings. The third kappa shape index (κ3) is 1.47. The largest absolute Gasteiger partial charge is 0.378 e. The first-order valence-corrected chi connectivity index (χ1v) is 4.72. The average molecular weight is 241 g/mol. The van der Waals surface area contributed by atoms with Crippen LogP contribution in [0.25, 0.3) is 5.65 Å². The minimum absolute atomic E-state index is 0.573. The van der Waals surface area contributed by atoms with E-state index in [0.29, 0.717) is 6.61 Å². The molecule has 0 saturated heterocycles. The van der Waals surface area contributed by atoms with Crippen molar-refractivity contribution < 1.29 is 4.74 Å². The number of imidazole rings is 1. The Morgan fingerprint density at radius 3 is 3.15 bits per heavy atom. The first-order valence-electron chi connectivity index (χ1n) is 3.92. The van der Waals surface area contributed by atoms with Crippen molar-refractivity contribution in [2.24, 2.45) is 0 Å². The lowest BCUT2D eigenvalue weighted by molar-refractivity contribution is 0.180. The van der Waals surface area contributed by atoms with E-state index in [4.69, 9.17) is 4.74 Å². The molecule has 0 bridgehead atoms. The van der Waals surface area contributed by atoms with Crippen LogP contribution in [0, 0.1) is 0 Å². The summed E-state index contributed by atoms with van der Waals surface area (Å²) in [7, 11) is 1.68. The Labute approximate surface area is 84.5 Å². The van der Waals surface area contributed by atoms with Crippen molar-refractivity contribution in [1.82, 2.24) is 9.38 Å². The van der Waals surface area contributed by atoms with Gasteiger partial charge >= 0.3 is 0 Å². The molecular formula is C9H9BrN2O. The molecule has 0 spiro atoms. The third-order valence-corrected chi connectivity index (χ3v) is 2.47. The van der Waals surface area contributed by atoms with E-state index in [9.17, 15) is 0 Å². The zero-order valence-corrected chi connectivity index (χ0v) is 8.78. The summed E-state index contributed by atoms with van der Waals surface area (Å²) in [5.74, 6) is 0. The van der Waals surface area contributed by atoms with Gasteiger partial charge in [0.05, 0.1) is 23.1 Å². The topological polar surface area (TPSA) is 26.5 Å². The van der Waals surface area contributed by atoms with Crippen molar-refractivity contribution >= 4 is 21.6 Å². The molecule has 0 amide bonds. The Morgan fingerprint density at radius 2 is 2.38 bits per heavy atom. The SMILES string of the molecule is COCc1cnc2cccc(Br)n12. The van der Waals surface area contributed by atoms with E-state index in [1.165, 1.54) is 0 Å². The van der Waals surface area contributed by atoms with Crippen LogP contribution in [0.1, 0.15) is 5.69 Å². The van der Waals surface area contributed by atoms with Crippen LogP contribution in [0.2, 0.25) is 0 Å². The Hall–Kier alpha value is -0.870.